The molecule has 0 saturated carbocycles. The Morgan fingerprint density at radius 3 is 2.30 bits per heavy atom. The first-order valence-corrected chi connectivity index (χ1v) is 2.58. The molecule has 5 heteroatoms. The van der Waals surface area contributed by atoms with Crippen LogP contribution in [0, 0.1) is 0 Å². The summed E-state index contributed by atoms with van der Waals surface area (Å²) in [7, 11) is -1.45. The molecule has 0 saturated heterocycles. The highest BCUT2D eigenvalue weighted by atomic mass is 16.4. The van der Waals surface area contributed by atoms with Crippen molar-refractivity contribution < 1.29 is 10.0 Å². The fraction of sp³-hybridized carbons (Fsp3) is 0. The summed E-state index contributed by atoms with van der Waals surface area (Å²) in [6, 6.07) is 4.96. The zero-order valence-electron chi connectivity index (χ0n) is 4.73. The average Bonchev–Trinajstić information content (AvgIpc) is 1.90. The molecule has 0 bridgehead atoms. The first-order valence-electron chi connectivity index (χ1n) is 2.58. The maximum absolute atomic E-state index is 8.52. The second-order valence-corrected chi connectivity index (χ2v) is 1.63. The summed E-state index contributed by atoms with van der Waals surface area (Å²) in [5.74, 6) is 0. The summed E-state index contributed by atoms with van der Waals surface area (Å²) in [5, 5.41) is 17.0. The van der Waals surface area contributed by atoms with Gasteiger partial charge in [-0.25, -0.2) is 0 Å². The molecule has 0 aromatic carbocycles. The molecule has 2 N–H and O–H groups in total. The van der Waals surface area contributed by atoms with E-state index in [1.165, 1.54) is 6.20 Å². The summed E-state index contributed by atoms with van der Waals surface area (Å²) in [6.45, 7) is 0. The zero-order chi connectivity index (χ0) is 6.69. The molecule has 0 unspecified atom stereocenters. The molecule has 3 nitrogen and oxygen atoms in total. The summed E-state index contributed by atoms with van der Waals surface area (Å²) in [4.78, 5) is 3.68. The molecule has 0 aliphatic heterocycles. The van der Waals surface area contributed by atoms with Crippen molar-refractivity contribution in [2.75, 3.05) is 0 Å². The lowest BCUT2D eigenvalue weighted by Gasteiger charge is -1.93. The maximum Gasteiger partial charge on any atom is 0.508 e. The molecule has 1 rings (SSSR count). The van der Waals surface area contributed by atoms with Crippen molar-refractivity contribution in [2.45, 2.75) is 0 Å². The van der Waals surface area contributed by atoms with E-state index in [-0.39, 0.29) is 14.0 Å². The molecule has 0 radical (unpaired) electrons. The van der Waals surface area contributed by atoms with Crippen molar-refractivity contribution in [1.29, 1.82) is 0 Å². The highest BCUT2D eigenvalue weighted by molar-refractivity contribution is 6.57. The van der Waals surface area contributed by atoms with Crippen LogP contribution in [0.25, 0.3) is 0 Å². The highest BCUT2D eigenvalue weighted by Crippen LogP contribution is 1.76. The monoisotopic (exact) mass is 137 g/mol. The van der Waals surface area contributed by atoms with Gasteiger partial charge in [-0.15, -0.1) is 0 Å². The van der Waals surface area contributed by atoms with Gasteiger partial charge in [0.05, 0.1) is 14.0 Å². The Morgan fingerprint density at radius 2 is 2.00 bits per heavy atom. The Bertz CT molecular complexity index is 180. The number of pyridine rings is 1. The Labute approximate surface area is 61.5 Å². The van der Waals surface area contributed by atoms with Crippen LogP contribution >= 0.6 is 0 Å². The van der Waals surface area contributed by atoms with E-state index in [4.69, 9.17) is 10.0 Å². The van der Waals surface area contributed by atoms with Crippen molar-refractivity contribution >= 4 is 21.1 Å². The van der Waals surface area contributed by atoms with E-state index >= 15 is 0 Å². The number of nitrogens with zero attached hydrogens (tertiary/aromatic N) is 1. The molecule has 0 amide bonds. The third-order valence-corrected chi connectivity index (χ3v) is 0.952. The van der Waals surface area contributed by atoms with Crippen molar-refractivity contribution in [3.8, 4) is 0 Å². The first kappa shape index (κ1) is 9.20. The largest absolute Gasteiger partial charge is 0.508 e. The summed E-state index contributed by atoms with van der Waals surface area (Å²) in [6.07, 6.45) is 1.51. The van der Waals surface area contributed by atoms with Crippen molar-refractivity contribution in [2.24, 2.45) is 0 Å². The fourth-order valence-corrected chi connectivity index (χ4v) is 0.529. The number of aromatic nitrogens is 1. The minimum atomic E-state index is -1.45. The van der Waals surface area contributed by atoms with E-state index < -0.39 is 7.12 Å². The molecular formula is C5H9B2NO2. The van der Waals surface area contributed by atoms with E-state index in [0.717, 1.165) is 0 Å². The van der Waals surface area contributed by atoms with Gasteiger partial charge in [-0.2, -0.15) is 0 Å². The predicted molar refractivity (Wildman–Crippen MR) is 44.0 cm³/mol. The number of rotatable bonds is 1. The van der Waals surface area contributed by atoms with Gasteiger partial charge in [0.25, 0.3) is 0 Å². The Morgan fingerprint density at radius 1 is 1.30 bits per heavy atom. The summed E-state index contributed by atoms with van der Waals surface area (Å²) < 4.78 is 0. The van der Waals surface area contributed by atoms with Gasteiger partial charge in [-0.1, -0.05) is 6.07 Å². The second kappa shape index (κ2) is 4.09. The lowest BCUT2D eigenvalue weighted by Crippen LogP contribution is -2.31. The molecule has 0 aliphatic rings. The first-order chi connectivity index (χ1) is 4.30. The van der Waals surface area contributed by atoms with Gasteiger partial charge in [0.1, 0.15) is 0 Å². The standard InChI is InChI=1S/C5H6BNO2.BH3/c8-6(9)5-3-1-2-4-7-5;/h1-4,8-9H;1H3. The Balaban J connectivity index is 0.000000810. The Hall–Kier alpha value is -0.800. The lowest BCUT2D eigenvalue weighted by atomic mass is 9.86. The van der Waals surface area contributed by atoms with E-state index in [2.05, 4.69) is 4.98 Å². The predicted octanol–water partition coefficient (Wildman–Crippen LogP) is -2.42. The Kier molecular flexibility index (Phi) is 3.76. The fourth-order valence-electron chi connectivity index (χ4n) is 0.529. The maximum atomic E-state index is 8.52. The SMILES string of the molecule is B.OB(O)c1ccccn1. The van der Waals surface area contributed by atoms with Crippen molar-refractivity contribution in [3.05, 3.63) is 24.4 Å². The van der Waals surface area contributed by atoms with Gasteiger partial charge in [0.2, 0.25) is 0 Å². The molecular weight excluding hydrogens is 128 g/mol. The molecule has 0 aliphatic carbocycles. The van der Waals surface area contributed by atoms with E-state index in [9.17, 15) is 0 Å². The molecule has 1 aromatic rings. The minimum Gasteiger partial charge on any atom is -0.422 e. The zero-order valence-corrected chi connectivity index (χ0v) is 4.73. The molecule has 1 aromatic heterocycles. The van der Waals surface area contributed by atoms with Gasteiger partial charge in [-0.3, -0.25) is 4.98 Å². The molecule has 1 heterocycles. The molecule has 0 atom stereocenters. The minimum absolute atomic E-state index is 0. The van der Waals surface area contributed by atoms with Crippen LogP contribution < -0.4 is 5.59 Å². The average molecular weight is 137 g/mol. The lowest BCUT2D eigenvalue weighted by molar-refractivity contribution is 0.424. The van der Waals surface area contributed by atoms with Crippen LogP contribution in [0.2, 0.25) is 0 Å². The number of hydrogen-bond donors (Lipinski definition) is 2. The van der Waals surface area contributed by atoms with Crippen LogP contribution in [0.1, 0.15) is 0 Å². The van der Waals surface area contributed by atoms with Crippen LogP contribution in [-0.2, 0) is 0 Å². The van der Waals surface area contributed by atoms with Crippen LogP contribution in [0.4, 0.5) is 0 Å². The normalized spacial score (nSPS) is 8.20. The quantitative estimate of drug-likeness (QED) is 0.423. The smallest absolute Gasteiger partial charge is 0.422 e. The van der Waals surface area contributed by atoms with E-state index in [1.54, 1.807) is 18.2 Å². The van der Waals surface area contributed by atoms with Gasteiger partial charge in [0, 0.05) is 6.20 Å². The molecule has 10 heavy (non-hydrogen) atoms. The van der Waals surface area contributed by atoms with Crippen LogP contribution in [-0.4, -0.2) is 30.6 Å². The molecule has 0 fully saturated rings. The van der Waals surface area contributed by atoms with Crippen LogP contribution in [0.15, 0.2) is 24.4 Å². The van der Waals surface area contributed by atoms with Crippen molar-refractivity contribution in [1.82, 2.24) is 4.98 Å². The van der Waals surface area contributed by atoms with E-state index in [1.807, 2.05) is 0 Å². The van der Waals surface area contributed by atoms with Crippen LogP contribution in [0.3, 0.4) is 0 Å². The van der Waals surface area contributed by atoms with Gasteiger partial charge < -0.3 is 10.0 Å². The van der Waals surface area contributed by atoms with Crippen molar-refractivity contribution in [3.63, 3.8) is 0 Å². The second-order valence-electron chi connectivity index (χ2n) is 1.63. The molecule has 52 valence electrons. The topological polar surface area (TPSA) is 53.4 Å². The summed E-state index contributed by atoms with van der Waals surface area (Å²) >= 11 is 0. The third kappa shape index (κ3) is 2.21. The number of hydrogen-bond acceptors (Lipinski definition) is 3. The van der Waals surface area contributed by atoms with Crippen LogP contribution in [0.5, 0.6) is 0 Å². The molecule has 0 spiro atoms. The van der Waals surface area contributed by atoms with Gasteiger partial charge in [-0.05, 0) is 12.1 Å². The van der Waals surface area contributed by atoms with Gasteiger partial charge >= 0.3 is 7.12 Å². The highest BCUT2D eigenvalue weighted by Gasteiger charge is 2.09. The third-order valence-electron chi connectivity index (χ3n) is 0.952. The summed E-state index contributed by atoms with van der Waals surface area (Å²) in [5.41, 5.74) is 0.275. The van der Waals surface area contributed by atoms with E-state index in [0.29, 0.717) is 0 Å². The van der Waals surface area contributed by atoms with Gasteiger partial charge in [0.15, 0.2) is 0 Å².